The van der Waals surface area contributed by atoms with Crippen molar-refractivity contribution in [3.05, 3.63) is 89.9 Å². The van der Waals surface area contributed by atoms with Gasteiger partial charge in [0.15, 0.2) is 11.5 Å². The van der Waals surface area contributed by atoms with Crippen molar-refractivity contribution < 1.29 is 14.3 Å². The van der Waals surface area contributed by atoms with Gasteiger partial charge in [-0.15, -0.1) is 0 Å². The summed E-state index contributed by atoms with van der Waals surface area (Å²) in [6.07, 6.45) is 5.74. The van der Waals surface area contributed by atoms with Crippen LogP contribution < -0.4 is 14.8 Å². The van der Waals surface area contributed by atoms with Crippen molar-refractivity contribution in [2.24, 2.45) is 0 Å². The zero-order valence-corrected chi connectivity index (χ0v) is 17.6. The molecule has 158 valence electrons. The molecule has 0 spiro atoms. The zero-order chi connectivity index (χ0) is 21.6. The fourth-order valence-corrected chi connectivity index (χ4v) is 3.82. The van der Waals surface area contributed by atoms with E-state index in [2.05, 4.69) is 21.4 Å². The lowest BCUT2D eigenvalue weighted by Crippen LogP contribution is -2.25. The lowest BCUT2D eigenvalue weighted by Gasteiger charge is -2.19. The van der Waals surface area contributed by atoms with Crippen molar-refractivity contribution >= 4 is 16.8 Å². The Morgan fingerprint density at radius 2 is 1.81 bits per heavy atom. The molecule has 2 N–H and O–H groups in total. The van der Waals surface area contributed by atoms with E-state index in [0.717, 1.165) is 27.6 Å². The Morgan fingerprint density at radius 1 is 1.03 bits per heavy atom. The zero-order valence-electron chi connectivity index (χ0n) is 17.6. The summed E-state index contributed by atoms with van der Waals surface area (Å²) in [5, 5.41) is 4.13. The molecule has 0 bridgehead atoms. The van der Waals surface area contributed by atoms with E-state index in [9.17, 15) is 4.79 Å². The van der Waals surface area contributed by atoms with Gasteiger partial charge in [0.05, 0.1) is 14.2 Å². The number of carbonyl (C=O) groups is 1. The number of nitrogens with zero attached hydrogens (tertiary/aromatic N) is 1. The van der Waals surface area contributed by atoms with Gasteiger partial charge in [-0.25, -0.2) is 0 Å². The molecule has 1 atom stereocenters. The molecule has 31 heavy (non-hydrogen) atoms. The third-order valence-electron chi connectivity index (χ3n) is 5.44. The Morgan fingerprint density at radius 3 is 2.58 bits per heavy atom. The van der Waals surface area contributed by atoms with Crippen LogP contribution in [-0.2, 0) is 11.3 Å². The van der Waals surface area contributed by atoms with E-state index < -0.39 is 0 Å². The summed E-state index contributed by atoms with van der Waals surface area (Å²) in [5.41, 5.74) is 4.11. The second kappa shape index (κ2) is 9.34. The number of ether oxygens (including phenoxy) is 2. The maximum absolute atomic E-state index is 12.9. The maximum Gasteiger partial charge on any atom is 0.221 e. The number of methoxy groups -OCH3 is 2. The van der Waals surface area contributed by atoms with Crippen molar-refractivity contribution in [2.45, 2.75) is 18.9 Å². The van der Waals surface area contributed by atoms with Crippen LogP contribution in [0.5, 0.6) is 11.5 Å². The third kappa shape index (κ3) is 4.53. The van der Waals surface area contributed by atoms with Gasteiger partial charge in [0.1, 0.15) is 0 Å². The summed E-state index contributed by atoms with van der Waals surface area (Å²) >= 11 is 0. The highest BCUT2D eigenvalue weighted by atomic mass is 16.5. The molecule has 2 heterocycles. The Bertz CT molecular complexity index is 1170. The molecular formula is C25H25N3O3. The summed E-state index contributed by atoms with van der Waals surface area (Å²) < 4.78 is 10.9. The van der Waals surface area contributed by atoms with Crippen LogP contribution in [0.3, 0.4) is 0 Å². The van der Waals surface area contributed by atoms with E-state index in [1.807, 2.05) is 54.7 Å². The first-order valence-corrected chi connectivity index (χ1v) is 10.1. The number of pyridine rings is 1. The van der Waals surface area contributed by atoms with Crippen LogP contribution in [0.4, 0.5) is 0 Å². The van der Waals surface area contributed by atoms with Gasteiger partial charge in [0, 0.05) is 48.4 Å². The summed E-state index contributed by atoms with van der Waals surface area (Å²) in [7, 11) is 3.23. The number of rotatable bonds is 8. The highest BCUT2D eigenvalue weighted by Gasteiger charge is 2.23. The first kappa shape index (κ1) is 20.5. The summed E-state index contributed by atoms with van der Waals surface area (Å²) in [4.78, 5) is 20.3. The monoisotopic (exact) mass is 415 g/mol. The average molecular weight is 415 g/mol. The number of hydrogen-bond acceptors (Lipinski definition) is 4. The average Bonchev–Trinajstić information content (AvgIpc) is 3.25. The second-order valence-corrected chi connectivity index (χ2v) is 7.29. The SMILES string of the molecule is COc1ccc([C@H](CC(=O)NCc2ccncc2)c2c[nH]c3ccccc23)cc1OC. The van der Waals surface area contributed by atoms with Crippen LogP contribution >= 0.6 is 0 Å². The quantitative estimate of drug-likeness (QED) is 0.447. The molecule has 0 unspecified atom stereocenters. The molecular weight excluding hydrogens is 390 g/mol. The van der Waals surface area contributed by atoms with Crippen LogP contribution in [0.25, 0.3) is 10.9 Å². The molecule has 0 fully saturated rings. The van der Waals surface area contributed by atoms with Crippen LogP contribution in [0, 0.1) is 0 Å². The molecule has 2 aromatic carbocycles. The lowest BCUT2D eigenvalue weighted by molar-refractivity contribution is -0.121. The smallest absolute Gasteiger partial charge is 0.221 e. The fraction of sp³-hybridized carbons (Fsp3) is 0.200. The molecule has 0 aliphatic heterocycles. The summed E-state index contributed by atoms with van der Waals surface area (Å²) in [6, 6.07) is 17.7. The van der Waals surface area contributed by atoms with Crippen LogP contribution in [0.15, 0.2) is 73.2 Å². The highest BCUT2D eigenvalue weighted by molar-refractivity contribution is 5.86. The number of hydrogen-bond donors (Lipinski definition) is 2. The number of aromatic amines is 1. The largest absolute Gasteiger partial charge is 0.493 e. The molecule has 1 amide bonds. The molecule has 0 saturated heterocycles. The Kier molecular flexibility index (Phi) is 6.17. The standard InChI is InChI=1S/C25H25N3O3/c1-30-23-8-7-18(13-24(23)31-2)20(21-16-27-22-6-4-3-5-19(21)22)14-25(29)28-15-17-9-11-26-12-10-17/h3-13,16,20,27H,14-15H2,1-2H3,(H,28,29)/t20-/m0/s1. The molecule has 4 rings (SSSR count). The summed E-state index contributed by atoms with van der Waals surface area (Å²) in [5.74, 6) is 1.13. The number of benzene rings is 2. The molecule has 0 aliphatic carbocycles. The van der Waals surface area contributed by atoms with E-state index in [4.69, 9.17) is 9.47 Å². The molecule has 4 aromatic rings. The van der Waals surface area contributed by atoms with Crippen molar-refractivity contribution in [1.29, 1.82) is 0 Å². The van der Waals surface area contributed by atoms with E-state index in [1.165, 1.54) is 0 Å². The van der Waals surface area contributed by atoms with Gasteiger partial charge in [-0.3, -0.25) is 9.78 Å². The number of amides is 1. The minimum absolute atomic E-state index is 0.0260. The number of nitrogens with one attached hydrogen (secondary N) is 2. The molecule has 0 radical (unpaired) electrons. The number of para-hydroxylation sites is 1. The third-order valence-corrected chi connectivity index (χ3v) is 5.44. The molecule has 6 heteroatoms. The summed E-state index contributed by atoms with van der Waals surface area (Å²) in [6.45, 7) is 0.466. The molecule has 0 saturated carbocycles. The molecule has 2 aromatic heterocycles. The minimum atomic E-state index is -0.145. The van der Waals surface area contributed by atoms with E-state index >= 15 is 0 Å². The first-order valence-electron chi connectivity index (χ1n) is 10.1. The van der Waals surface area contributed by atoms with Gasteiger partial charge in [-0.05, 0) is 47.0 Å². The van der Waals surface area contributed by atoms with Gasteiger partial charge < -0.3 is 19.8 Å². The maximum atomic E-state index is 12.9. The number of fused-ring (bicyclic) bond motifs is 1. The van der Waals surface area contributed by atoms with Crippen LogP contribution in [0.1, 0.15) is 29.0 Å². The van der Waals surface area contributed by atoms with Crippen LogP contribution in [0.2, 0.25) is 0 Å². The second-order valence-electron chi connectivity index (χ2n) is 7.29. The van der Waals surface area contributed by atoms with Gasteiger partial charge in [-0.2, -0.15) is 0 Å². The Balaban J connectivity index is 1.65. The lowest BCUT2D eigenvalue weighted by atomic mass is 9.87. The van der Waals surface area contributed by atoms with Crippen molar-refractivity contribution in [3.63, 3.8) is 0 Å². The minimum Gasteiger partial charge on any atom is -0.493 e. The molecule has 6 nitrogen and oxygen atoms in total. The fourth-order valence-electron chi connectivity index (χ4n) is 3.82. The van der Waals surface area contributed by atoms with Crippen molar-refractivity contribution in [3.8, 4) is 11.5 Å². The molecule has 0 aliphatic rings. The van der Waals surface area contributed by atoms with Gasteiger partial charge in [-0.1, -0.05) is 24.3 Å². The van der Waals surface area contributed by atoms with E-state index in [-0.39, 0.29) is 11.8 Å². The number of aromatic nitrogens is 2. The topological polar surface area (TPSA) is 76.2 Å². The van der Waals surface area contributed by atoms with Crippen molar-refractivity contribution in [2.75, 3.05) is 14.2 Å². The first-order chi connectivity index (χ1) is 15.2. The number of carbonyl (C=O) groups excluding carboxylic acids is 1. The van der Waals surface area contributed by atoms with Gasteiger partial charge in [0.25, 0.3) is 0 Å². The predicted molar refractivity (Wildman–Crippen MR) is 120 cm³/mol. The highest BCUT2D eigenvalue weighted by Crippen LogP contribution is 2.37. The van der Waals surface area contributed by atoms with Crippen molar-refractivity contribution in [1.82, 2.24) is 15.3 Å². The predicted octanol–water partition coefficient (Wildman–Crippen LogP) is 4.42. The Labute approximate surface area is 181 Å². The van der Waals surface area contributed by atoms with E-state index in [0.29, 0.717) is 24.5 Å². The van der Waals surface area contributed by atoms with Gasteiger partial charge >= 0.3 is 0 Å². The van der Waals surface area contributed by atoms with E-state index in [1.54, 1.807) is 26.6 Å². The normalized spacial score (nSPS) is 11.8. The van der Waals surface area contributed by atoms with Gasteiger partial charge in [0.2, 0.25) is 5.91 Å². The number of H-pyrrole nitrogens is 1. The van der Waals surface area contributed by atoms with Crippen LogP contribution in [-0.4, -0.2) is 30.1 Å². The Hall–Kier alpha value is -3.80.